The van der Waals surface area contributed by atoms with Crippen LogP contribution in [0.4, 0.5) is 0 Å². The fourth-order valence-electron chi connectivity index (χ4n) is 3.27. The smallest absolute Gasteiger partial charge is 0.231 e. The van der Waals surface area contributed by atoms with Gasteiger partial charge in [0.05, 0.1) is 12.1 Å². The number of carbonyl (C=O) groups excluding carboxylic acids is 2. The lowest BCUT2D eigenvalue weighted by molar-refractivity contribution is -0.138. The highest BCUT2D eigenvalue weighted by molar-refractivity contribution is 5.79. The van der Waals surface area contributed by atoms with E-state index in [9.17, 15) is 9.59 Å². The van der Waals surface area contributed by atoms with Crippen LogP contribution in [0, 0.1) is 6.92 Å². The van der Waals surface area contributed by atoms with E-state index in [0.717, 1.165) is 5.56 Å². The Labute approximate surface area is 156 Å². The van der Waals surface area contributed by atoms with Gasteiger partial charge in [0.25, 0.3) is 0 Å². The molecule has 27 heavy (non-hydrogen) atoms. The summed E-state index contributed by atoms with van der Waals surface area (Å²) in [5, 5.41) is 0. The average Bonchev–Trinajstić information content (AvgIpc) is 3.28. The highest BCUT2D eigenvalue weighted by Gasteiger charge is 2.24. The number of hydrogen-bond donors (Lipinski definition) is 0. The van der Waals surface area contributed by atoms with Gasteiger partial charge < -0.3 is 23.7 Å². The zero-order valence-corrected chi connectivity index (χ0v) is 15.4. The van der Waals surface area contributed by atoms with Crippen molar-refractivity contribution in [2.75, 3.05) is 33.0 Å². The fraction of sp³-hybridized carbons (Fsp3) is 0.421. The molecule has 3 heterocycles. The molecule has 2 aliphatic heterocycles. The van der Waals surface area contributed by atoms with Crippen LogP contribution >= 0.6 is 0 Å². The summed E-state index contributed by atoms with van der Waals surface area (Å²) in [7, 11) is 0. The Morgan fingerprint density at radius 2 is 1.78 bits per heavy atom. The molecule has 142 valence electrons. The van der Waals surface area contributed by atoms with Gasteiger partial charge in [-0.1, -0.05) is 0 Å². The van der Waals surface area contributed by atoms with Crippen molar-refractivity contribution in [3.05, 3.63) is 29.7 Å². The van der Waals surface area contributed by atoms with Crippen LogP contribution in [-0.2, 0) is 16.0 Å². The number of rotatable bonds is 3. The van der Waals surface area contributed by atoms with Gasteiger partial charge >= 0.3 is 0 Å². The van der Waals surface area contributed by atoms with Gasteiger partial charge in [-0.25, -0.2) is 4.98 Å². The fourth-order valence-corrected chi connectivity index (χ4v) is 3.27. The second kappa shape index (κ2) is 6.94. The highest BCUT2D eigenvalue weighted by atomic mass is 16.7. The summed E-state index contributed by atoms with van der Waals surface area (Å²) in [6.45, 7) is 5.80. The van der Waals surface area contributed by atoms with Gasteiger partial charge in [0, 0.05) is 38.7 Å². The number of aromatic nitrogens is 1. The van der Waals surface area contributed by atoms with E-state index in [4.69, 9.17) is 13.9 Å². The molecular weight excluding hydrogens is 350 g/mol. The van der Waals surface area contributed by atoms with Crippen LogP contribution < -0.4 is 9.47 Å². The Morgan fingerprint density at radius 1 is 1.07 bits per heavy atom. The number of benzene rings is 1. The number of nitrogens with zero attached hydrogens (tertiary/aromatic N) is 3. The predicted molar refractivity (Wildman–Crippen MR) is 95.3 cm³/mol. The first kappa shape index (κ1) is 17.4. The Morgan fingerprint density at radius 3 is 2.52 bits per heavy atom. The molecule has 0 spiro atoms. The number of piperazine rings is 1. The number of ether oxygens (including phenoxy) is 2. The quantitative estimate of drug-likeness (QED) is 0.815. The van der Waals surface area contributed by atoms with E-state index in [2.05, 4.69) is 4.98 Å². The van der Waals surface area contributed by atoms with Crippen LogP contribution in [0.1, 0.15) is 18.4 Å². The second-order valence-electron chi connectivity index (χ2n) is 6.65. The molecule has 0 radical (unpaired) electrons. The van der Waals surface area contributed by atoms with Crippen LogP contribution in [0.2, 0.25) is 0 Å². The summed E-state index contributed by atoms with van der Waals surface area (Å²) in [5.41, 5.74) is 1.40. The normalized spacial score (nSPS) is 15.9. The summed E-state index contributed by atoms with van der Waals surface area (Å²) < 4.78 is 16.5. The first-order valence-electron chi connectivity index (χ1n) is 8.91. The van der Waals surface area contributed by atoms with Gasteiger partial charge in [0.2, 0.25) is 24.5 Å². The molecule has 0 bridgehead atoms. The highest BCUT2D eigenvalue weighted by Crippen LogP contribution is 2.36. The maximum Gasteiger partial charge on any atom is 0.231 e. The van der Waals surface area contributed by atoms with E-state index in [1.807, 2.05) is 18.2 Å². The molecule has 2 aliphatic rings. The minimum Gasteiger partial charge on any atom is -0.454 e. The van der Waals surface area contributed by atoms with Crippen molar-refractivity contribution in [1.29, 1.82) is 0 Å². The minimum atomic E-state index is -0.00756. The zero-order valence-electron chi connectivity index (χ0n) is 15.4. The Balaban J connectivity index is 1.44. The molecule has 4 rings (SSSR count). The number of amides is 2. The Bertz CT molecular complexity index is 883. The van der Waals surface area contributed by atoms with Crippen molar-refractivity contribution in [3.8, 4) is 23.0 Å². The third kappa shape index (κ3) is 3.47. The summed E-state index contributed by atoms with van der Waals surface area (Å²) >= 11 is 0. The van der Waals surface area contributed by atoms with E-state index in [1.165, 1.54) is 0 Å². The molecule has 2 amide bonds. The molecule has 1 saturated heterocycles. The van der Waals surface area contributed by atoms with Crippen molar-refractivity contribution >= 4 is 11.8 Å². The summed E-state index contributed by atoms with van der Waals surface area (Å²) in [5.74, 6) is 2.47. The molecule has 0 atom stereocenters. The van der Waals surface area contributed by atoms with Crippen LogP contribution in [0.3, 0.4) is 0 Å². The van der Waals surface area contributed by atoms with Crippen LogP contribution in [0.15, 0.2) is 22.6 Å². The molecular formula is C19H21N3O5. The number of oxazole rings is 1. The first-order chi connectivity index (χ1) is 13.0. The molecule has 2 aromatic rings. The molecule has 1 aromatic carbocycles. The lowest BCUT2D eigenvalue weighted by Gasteiger charge is -2.34. The molecule has 8 nitrogen and oxygen atoms in total. The molecule has 0 unspecified atom stereocenters. The average molecular weight is 371 g/mol. The van der Waals surface area contributed by atoms with E-state index in [0.29, 0.717) is 55.0 Å². The standard InChI is InChI=1S/C19H21N3O5/c1-12-15(10-18(24)22-7-5-21(6-8-22)13(2)23)20-19(27-12)14-3-4-16-17(9-14)26-11-25-16/h3-4,9H,5-8,10-11H2,1-2H3. The van der Waals surface area contributed by atoms with Crippen LogP contribution in [-0.4, -0.2) is 59.6 Å². The lowest BCUT2D eigenvalue weighted by atomic mass is 10.2. The SMILES string of the molecule is CC(=O)N1CCN(C(=O)Cc2nc(-c3ccc4c(c3)OCO4)oc2C)CC1. The summed E-state index contributed by atoms with van der Waals surface area (Å²) in [6.07, 6.45) is 0.181. The number of hydrogen-bond acceptors (Lipinski definition) is 6. The minimum absolute atomic E-state index is 0.00756. The number of aryl methyl sites for hydroxylation is 1. The summed E-state index contributed by atoms with van der Waals surface area (Å²) in [6, 6.07) is 5.49. The van der Waals surface area contributed by atoms with E-state index < -0.39 is 0 Å². The Hall–Kier alpha value is -3.03. The maximum absolute atomic E-state index is 12.6. The van der Waals surface area contributed by atoms with Crippen LogP contribution in [0.5, 0.6) is 11.5 Å². The molecule has 1 aromatic heterocycles. The van der Waals surface area contributed by atoms with Gasteiger partial charge in [0.1, 0.15) is 5.76 Å². The molecule has 8 heteroatoms. The largest absolute Gasteiger partial charge is 0.454 e. The van der Waals surface area contributed by atoms with Crippen molar-refractivity contribution in [3.63, 3.8) is 0 Å². The molecule has 0 aliphatic carbocycles. The maximum atomic E-state index is 12.6. The van der Waals surface area contributed by atoms with Crippen molar-refractivity contribution in [2.45, 2.75) is 20.3 Å². The Kier molecular flexibility index (Phi) is 4.47. The van der Waals surface area contributed by atoms with Gasteiger partial charge in [-0.05, 0) is 25.1 Å². The molecule has 0 saturated carbocycles. The predicted octanol–water partition coefficient (Wildman–Crippen LogP) is 1.61. The first-order valence-corrected chi connectivity index (χ1v) is 8.91. The molecule has 1 fully saturated rings. The summed E-state index contributed by atoms with van der Waals surface area (Å²) in [4.78, 5) is 32.0. The monoisotopic (exact) mass is 371 g/mol. The van der Waals surface area contributed by atoms with E-state index in [-0.39, 0.29) is 25.0 Å². The van der Waals surface area contributed by atoms with Crippen molar-refractivity contribution in [2.24, 2.45) is 0 Å². The van der Waals surface area contributed by atoms with E-state index in [1.54, 1.807) is 23.6 Å². The van der Waals surface area contributed by atoms with Gasteiger partial charge in [-0.15, -0.1) is 0 Å². The second-order valence-corrected chi connectivity index (χ2v) is 6.65. The third-order valence-electron chi connectivity index (χ3n) is 4.91. The van der Waals surface area contributed by atoms with Crippen molar-refractivity contribution < 1.29 is 23.5 Å². The zero-order chi connectivity index (χ0) is 19.0. The van der Waals surface area contributed by atoms with Crippen molar-refractivity contribution in [1.82, 2.24) is 14.8 Å². The number of fused-ring (bicyclic) bond motifs is 1. The topological polar surface area (TPSA) is 85.1 Å². The van der Waals surface area contributed by atoms with Gasteiger partial charge in [0.15, 0.2) is 11.5 Å². The van der Waals surface area contributed by atoms with Crippen LogP contribution in [0.25, 0.3) is 11.5 Å². The third-order valence-corrected chi connectivity index (χ3v) is 4.91. The van der Waals surface area contributed by atoms with E-state index >= 15 is 0 Å². The molecule has 0 N–H and O–H groups in total. The van der Waals surface area contributed by atoms with Gasteiger partial charge in [-0.3, -0.25) is 9.59 Å². The van der Waals surface area contributed by atoms with Gasteiger partial charge in [-0.2, -0.15) is 0 Å². The lowest BCUT2D eigenvalue weighted by Crippen LogP contribution is -2.50. The number of carbonyl (C=O) groups is 2.